The highest BCUT2D eigenvalue weighted by atomic mass is 35.6. The normalized spacial score (nSPS) is 12.5. The summed E-state index contributed by atoms with van der Waals surface area (Å²) in [5.74, 6) is -0.465. The Kier molecular flexibility index (Phi) is 6.45. The lowest BCUT2D eigenvalue weighted by atomic mass is 10.1. The summed E-state index contributed by atoms with van der Waals surface area (Å²) < 4.78 is 14.4. The lowest BCUT2D eigenvalue weighted by Gasteiger charge is -2.26. The Labute approximate surface area is 187 Å². The first-order valence-electron chi connectivity index (χ1n) is 8.83. The van der Waals surface area contributed by atoms with Gasteiger partial charge < -0.3 is 10.6 Å². The van der Waals surface area contributed by atoms with Crippen LogP contribution in [-0.4, -0.2) is 19.2 Å². The lowest BCUT2D eigenvalue weighted by molar-refractivity contribution is 0.248. The Morgan fingerprint density at radius 1 is 1.07 bits per heavy atom. The zero-order chi connectivity index (χ0) is 22.1. The molecular weight excluding hydrogens is 454 g/mol. The van der Waals surface area contributed by atoms with E-state index in [-0.39, 0.29) is 5.69 Å². The number of amides is 2. The van der Waals surface area contributed by atoms with Crippen LogP contribution in [0.4, 0.5) is 14.9 Å². The first kappa shape index (κ1) is 22.2. The average molecular weight is 472 g/mol. The van der Waals surface area contributed by atoms with Gasteiger partial charge in [0.2, 0.25) is 3.79 Å². The molecule has 1 heterocycles. The highest BCUT2D eigenvalue weighted by molar-refractivity contribution is 6.68. The second-order valence-corrected chi connectivity index (χ2v) is 8.93. The second-order valence-electron chi connectivity index (χ2n) is 6.56. The van der Waals surface area contributed by atoms with Crippen LogP contribution in [0.2, 0.25) is 0 Å². The van der Waals surface area contributed by atoms with Crippen LogP contribution in [0.5, 0.6) is 0 Å². The van der Waals surface area contributed by atoms with Crippen molar-refractivity contribution in [1.29, 1.82) is 0 Å². The number of carbonyl (C=O) groups excluding carboxylic acids is 1. The molecule has 6 nitrogen and oxygen atoms in total. The van der Waals surface area contributed by atoms with Crippen LogP contribution in [0.25, 0.3) is 5.69 Å². The van der Waals surface area contributed by atoms with E-state index in [4.69, 9.17) is 34.8 Å². The minimum atomic E-state index is -1.91. The molecule has 0 fully saturated rings. The van der Waals surface area contributed by atoms with Gasteiger partial charge in [0, 0.05) is 7.05 Å². The number of carbonyl (C=O) groups is 1. The molecular formula is C20H18Cl3FN4O2. The number of nitrogens with one attached hydrogen (secondary N) is 2. The second kappa shape index (κ2) is 8.71. The molecule has 3 aromatic rings. The number of urea groups is 1. The maximum Gasteiger partial charge on any atom is 0.320 e. The van der Waals surface area contributed by atoms with Gasteiger partial charge in [-0.15, -0.1) is 0 Å². The molecule has 0 aliphatic heterocycles. The molecule has 0 aliphatic rings. The molecule has 0 saturated carbocycles. The van der Waals surface area contributed by atoms with Crippen LogP contribution in [0.1, 0.15) is 17.3 Å². The maximum atomic E-state index is 13.2. The monoisotopic (exact) mass is 470 g/mol. The third-order valence-corrected chi connectivity index (χ3v) is 5.25. The van der Waals surface area contributed by atoms with Crippen LogP contribution in [-0.2, 0) is 7.05 Å². The number of benzene rings is 2. The summed E-state index contributed by atoms with van der Waals surface area (Å²) >= 11 is 18.1. The average Bonchev–Trinajstić information content (AvgIpc) is 2.90. The highest BCUT2D eigenvalue weighted by Gasteiger charge is 2.35. The van der Waals surface area contributed by atoms with E-state index in [1.807, 2.05) is 6.07 Å². The molecule has 1 unspecified atom stereocenters. The smallest absolute Gasteiger partial charge is 0.320 e. The number of anilines is 1. The number of rotatable bonds is 4. The minimum absolute atomic E-state index is 0.0843. The molecule has 1 aromatic heterocycles. The fraction of sp³-hybridized carbons (Fsp3) is 0.200. The van der Waals surface area contributed by atoms with E-state index in [9.17, 15) is 14.0 Å². The summed E-state index contributed by atoms with van der Waals surface area (Å²) in [5.41, 5.74) is 1.24. The van der Waals surface area contributed by atoms with E-state index >= 15 is 0 Å². The van der Waals surface area contributed by atoms with Crippen LogP contribution in [0.15, 0.2) is 59.4 Å². The van der Waals surface area contributed by atoms with Crippen molar-refractivity contribution in [2.75, 3.05) is 5.32 Å². The quantitative estimate of drug-likeness (QED) is 0.534. The number of alkyl halides is 3. The van der Waals surface area contributed by atoms with Crippen molar-refractivity contribution in [3.05, 3.63) is 82.0 Å². The molecule has 0 spiro atoms. The Morgan fingerprint density at radius 3 is 2.23 bits per heavy atom. The summed E-state index contributed by atoms with van der Waals surface area (Å²) in [6, 6.07) is 12.4. The van der Waals surface area contributed by atoms with E-state index in [1.54, 1.807) is 42.9 Å². The van der Waals surface area contributed by atoms with Crippen molar-refractivity contribution in [3.8, 4) is 5.69 Å². The minimum Gasteiger partial charge on any atom is -0.327 e. The Bertz CT molecular complexity index is 1110. The number of para-hydroxylation sites is 1. The molecule has 2 aromatic carbocycles. The molecule has 0 aliphatic carbocycles. The van der Waals surface area contributed by atoms with E-state index in [0.29, 0.717) is 16.9 Å². The van der Waals surface area contributed by atoms with Crippen molar-refractivity contribution in [2.24, 2.45) is 7.05 Å². The number of aromatic nitrogens is 2. The van der Waals surface area contributed by atoms with Crippen molar-refractivity contribution in [2.45, 2.75) is 16.8 Å². The van der Waals surface area contributed by atoms with Gasteiger partial charge in [-0.3, -0.25) is 9.48 Å². The van der Waals surface area contributed by atoms with Crippen LogP contribution >= 0.6 is 34.8 Å². The standard InChI is InChI=1S/C20H18Cl3FN4O2/c1-12-16(18(29)28(27(12)2)15-6-4-3-5-7-15)25-19(30)26-17(20(21,22)23)13-8-10-14(24)11-9-13/h3-11,17H,1-2H3,(H2,25,26,30). The van der Waals surface area contributed by atoms with E-state index in [0.717, 1.165) is 0 Å². The SMILES string of the molecule is Cc1c(NC(=O)NC(c2ccc(F)cc2)C(Cl)(Cl)Cl)c(=O)n(-c2ccccc2)n1C. The molecule has 2 N–H and O–H groups in total. The van der Waals surface area contributed by atoms with Gasteiger partial charge in [-0.05, 0) is 36.8 Å². The predicted octanol–water partition coefficient (Wildman–Crippen LogP) is 4.86. The van der Waals surface area contributed by atoms with E-state index in [1.165, 1.54) is 28.9 Å². The van der Waals surface area contributed by atoms with Crippen LogP contribution in [0.3, 0.4) is 0 Å². The number of hydrogen-bond donors (Lipinski definition) is 2. The summed E-state index contributed by atoms with van der Waals surface area (Å²) in [7, 11) is 1.70. The molecule has 2 amide bonds. The number of halogens is 4. The van der Waals surface area contributed by atoms with Gasteiger partial charge >= 0.3 is 6.03 Å². The predicted molar refractivity (Wildman–Crippen MR) is 117 cm³/mol. The zero-order valence-corrected chi connectivity index (χ0v) is 18.3. The fourth-order valence-electron chi connectivity index (χ4n) is 3.00. The van der Waals surface area contributed by atoms with Gasteiger partial charge in [0.1, 0.15) is 17.5 Å². The third-order valence-electron chi connectivity index (χ3n) is 4.60. The molecule has 30 heavy (non-hydrogen) atoms. The van der Waals surface area contributed by atoms with Crippen molar-refractivity contribution in [3.63, 3.8) is 0 Å². The number of hydrogen-bond acceptors (Lipinski definition) is 2. The molecule has 0 radical (unpaired) electrons. The molecule has 3 rings (SSSR count). The van der Waals surface area contributed by atoms with Gasteiger partial charge in [-0.25, -0.2) is 13.9 Å². The Hall–Kier alpha value is -2.48. The summed E-state index contributed by atoms with van der Waals surface area (Å²) in [6.45, 7) is 1.70. The van der Waals surface area contributed by atoms with Crippen LogP contribution < -0.4 is 16.2 Å². The van der Waals surface area contributed by atoms with Crippen molar-refractivity contribution < 1.29 is 9.18 Å². The molecule has 1 atom stereocenters. The van der Waals surface area contributed by atoms with Crippen molar-refractivity contribution >= 4 is 46.5 Å². The topological polar surface area (TPSA) is 68.1 Å². The number of nitrogens with zero attached hydrogens (tertiary/aromatic N) is 2. The van der Waals surface area contributed by atoms with E-state index < -0.39 is 27.2 Å². The first-order chi connectivity index (χ1) is 14.1. The summed E-state index contributed by atoms with van der Waals surface area (Å²) in [6.07, 6.45) is 0. The highest BCUT2D eigenvalue weighted by Crippen LogP contribution is 2.39. The van der Waals surface area contributed by atoms with Gasteiger partial charge in [-0.1, -0.05) is 65.1 Å². The van der Waals surface area contributed by atoms with Gasteiger partial charge in [0.15, 0.2) is 0 Å². The van der Waals surface area contributed by atoms with Crippen LogP contribution in [0, 0.1) is 12.7 Å². The van der Waals surface area contributed by atoms with Gasteiger partial charge in [0.05, 0.1) is 11.4 Å². The maximum absolute atomic E-state index is 13.2. The Morgan fingerprint density at radius 2 is 1.67 bits per heavy atom. The first-order valence-corrected chi connectivity index (χ1v) is 9.96. The Balaban J connectivity index is 1.88. The fourth-order valence-corrected chi connectivity index (χ4v) is 3.54. The molecule has 0 saturated heterocycles. The largest absolute Gasteiger partial charge is 0.327 e. The molecule has 10 heteroatoms. The third kappa shape index (κ3) is 4.64. The van der Waals surface area contributed by atoms with Gasteiger partial charge in [-0.2, -0.15) is 0 Å². The zero-order valence-electron chi connectivity index (χ0n) is 16.0. The summed E-state index contributed by atoms with van der Waals surface area (Å²) in [5, 5.41) is 5.08. The molecule has 0 bridgehead atoms. The summed E-state index contributed by atoms with van der Waals surface area (Å²) in [4.78, 5) is 25.6. The lowest BCUT2D eigenvalue weighted by Crippen LogP contribution is -2.39. The van der Waals surface area contributed by atoms with E-state index in [2.05, 4.69) is 10.6 Å². The van der Waals surface area contributed by atoms with Crippen molar-refractivity contribution in [1.82, 2.24) is 14.7 Å². The van der Waals surface area contributed by atoms with Gasteiger partial charge in [0.25, 0.3) is 5.56 Å². The molecule has 158 valence electrons.